The summed E-state index contributed by atoms with van der Waals surface area (Å²) in [5.41, 5.74) is -1.96. The minimum atomic E-state index is -4.75. The third-order valence-electron chi connectivity index (χ3n) is 3.63. The lowest BCUT2D eigenvalue weighted by Crippen LogP contribution is -2.39. The molecule has 0 spiro atoms. The van der Waals surface area contributed by atoms with Gasteiger partial charge in [0.1, 0.15) is 0 Å². The van der Waals surface area contributed by atoms with Gasteiger partial charge in [0.25, 0.3) is 0 Å². The predicted molar refractivity (Wildman–Crippen MR) is 80.7 cm³/mol. The highest BCUT2D eigenvalue weighted by atomic mass is 32.1. The van der Waals surface area contributed by atoms with E-state index in [0.29, 0.717) is 5.69 Å². The number of halogens is 3. The van der Waals surface area contributed by atoms with Crippen LogP contribution in [0.5, 0.6) is 0 Å². The Hall–Kier alpha value is -1.92. The van der Waals surface area contributed by atoms with Crippen LogP contribution in [0.3, 0.4) is 0 Å². The highest BCUT2D eigenvalue weighted by molar-refractivity contribution is 7.17. The first-order valence-corrected chi connectivity index (χ1v) is 7.41. The minimum Gasteiger partial charge on any atom is -0.376 e. The van der Waals surface area contributed by atoms with E-state index in [2.05, 4.69) is 4.98 Å². The molecular formula is C16H12F3NOS. The van der Waals surface area contributed by atoms with Crippen molar-refractivity contribution in [2.45, 2.75) is 18.7 Å². The number of fused-ring (bicyclic) bond motifs is 1. The number of hydrogen-bond donors (Lipinski definition) is 1. The summed E-state index contributed by atoms with van der Waals surface area (Å²) in [5.74, 6) is 0. The highest BCUT2D eigenvalue weighted by Gasteiger charge is 2.51. The first kappa shape index (κ1) is 15.0. The molecule has 2 heterocycles. The molecule has 1 aromatic carbocycles. The summed E-state index contributed by atoms with van der Waals surface area (Å²) in [6.07, 6.45) is -3.46. The van der Waals surface area contributed by atoms with E-state index in [1.807, 2.05) is 29.6 Å². The topological polar surface area (TPSA) is 33.1 Å². The molecule has 2 aromatic heterocycles. The van der Waals surface area contributed by atoms with Crippen molar-refractivity contribution in [3.63, 3.8) is 0 Å². The summed E-state index contributed by atoms with van der Waals surface area (Å²) in [6.45, 7) is 0.748. The van der Waals surface area contributed by atoms with Crippen molar-refractivity contribution in [2.75, 3.05) is 0 Å². The summed E-state index contributed by atoms with van der Waals surface area (Å²) in [7, 11) is 0. The Morgan fingerprint density at radius 3 is 2.64 bits per heavy atom. The van der Waals surface area contributed by atoms with Crippen LogP contribution >= 0.6 is 11.3 Å². The van der Waals surface area contributed by atoms with E-state index < -0.39 is 11.8 Å². The lowest BCUT2D eigenvalue weighted by atomic mass is 9.94. The molecule has 0 saturated carbocycles. The van der Waals surface area contributed by atoms with Crippen molar-refractivity contribution in [3.8, 4) is 11.3 Å². The van der Waals surface area contributed by atoms with Gasteiger partial charge in [-0.25, -0.2) is 0 Å². The SMILES string of the molecule is C[C@](O)(c1ccnc(-c2cccc3ccsc23)c1)C(F)(F)F. The summed E-state index contributed by atoms with van der Waals surface area (Å²) in [6, 6.07) is 10.0. The standard InChI is InChI=1S/C16H12F3NOS/c1-15(21,16(17,18)19)11-5-7-20-13(9-11)12-4-2-3-10-6-8-22-14(10)12/h2-9,21H,1H3/t15-/m0/s1. The number of nitrogens with zero attached hydrogens (tertiary/aromatic N) is 1. The molecule has 0 bridgehead atoms. The molecule has 6 heteroatoms. The van der Waals surface area contributed by atoms with Crippen molar-refractivity contribution in [3.05, 3.63) is 53.5 Å². The maximum atomic E-state index is 13.0. The van der Waals surface area contributed by atoms with E-state index in [1.165, 1.54) is 29.7 Å². The number of aliphatic hydroxyl groups is 1. The molecule has 3 rings (SSSR count). The first-order valence-electron chi connectivity index (χ1n) is 6.53. The van der Waals surface area contributed by atoms with Crippen LogP contribution in [0.2, 0.25) is 0 Å². The van der Waals surface area contributed by atoms with Gasteiger partial charge in [-0.2, -0.15) is 13.2 Å². The number of pyridine rings is 1. The van der Waals surface area contributed by atoms with Crippen LogP contribution in [0.15, 0.2) is 48.0 Å². The van der Waals surface area contributed by atoms with Gasteiger partial charge in [-0.1, -0.05) is 18.2 Å². The second-order valence-electron chi connectivity index (χ2n) is 5.14. The van der Waals surface area contributed by atoms with E-state index in [1.54, 1.807) is 0 Å². The molecule has 0 aliphatic carbocycles. The van der Waals surface area contributed by atoms with E-state index in [0.717, 1.165) is 22.6 Å². The zero-order chi connectivity index (χ0) is 16.0. The molecule has 2 nitrogen and oxygen atoms in total. The van der Waals surface area contributed by atoms with Crippen LogP contribution in [-0.4, -0.2) is 16.3 Å². The zero-order valence-electron chi connectivity index (χ0n) is 11.6. The summed E-state index contributed by atoms with van der Waals surface area (Å²) < 4.78 is 39.9. The predicted octanol–water partition coefficient (Wildman–Crippen LogP) is 4.73. The lowest BCUT2D eigenvalue weighted by molar-refractivity contribution is -0.258. The van der Waals surface area contributed by atoms with Crippen LogP contribution in [0.1, 0.15) is 12.5 Å². The van der Waals surface area contributed by atoms with E-state index in [4.69, 9.17) is 0 Å². The molecule has 3 aromatic rings. The number of alkyl halides is 3. The fourth-order valence-corrected chi connectivity index (χ4v) is 3.16. The van der Waals surface area contributed by atoms with Gasteiger partial charge in [-0.05, 0) is 41.5 Å². The Morgan fingerprint density at radius 2 is 1.91 bits per heavy atom. The van der Waals surface area contributed by atoms with Gasteiger partial charge in [0, 0.05) is 16.5 Å². The molecule has 0 unspecified atom stereocenters. The first-order chi connectivity index (χ1) is 10.3. The van der Waals surface area contributed by atoms with E-state index in [9.17, 15) is 18.3 Å². The van der Waals surface area contributed by atoms with E-state index >= 15 is 0 Å². The zero-order valence-corrected chi connectivity index (χ0v) is 12.4. The molecule has 0 amide bonds. The van der Waals surface area contributed by atoms with Crippen LogP contribution < -0.4 is 0 Å². The number of hydrogen-bond acceptors (Lipinski definition) is 3. The summed E-state index contributed by atoms with van der Waals surface area (Å²) >= 11 is 1.50. The van der Waals surface area contributed by atoms with Crippen LogP contribution in [-0.2, 0) is 5.60 Å². The Labute approximate surface area is 128 Å². The summed E-state index contributed by atoms with van der Waals surface area (Å²) in [4.78, 5) is 4.16. The molecule has 114 valence electrons. The second-order valence-corrected chi connectivity index (χ2v) is 6.06. The molecule has 0 aliphatic heterocycles. The van der Waals surface area contributed by atoms with Crippen molar-refractivity contribution < 1.29 is 18.3 Å². The van der Waals surface area contributed by atoms with Gasteiger partial charge < -0.3 is 5.11 Å². The number of aromatic nitrogens is 1. The quantitative estimate of drug-likeness (QED) is 0.739. The normalized spacial score (nSPS) is 15.0. The Balaban J connectivity index is 2.15. The Bertz CT molecular complexity index is 823. The third-order valence-corrected chi connectivity index (χ3v) is 4.59. The van der Waals surface area contributed by atoms with Gasteiger partial charge in [0.05, 0.1) is 5.69 Å². The van der Waals surface area contributed by atoms with Crippen LogP contribution in [0.4, 0.5) is 13.2 Å². The molecule has 1 N–H and O–H groups in total. The number of benzene rings is 1. The number of rotatable bonds is 2. The molecule has 1 atom stereocenters. The summed E-state index contributed by atoms with van der Waals surface area (Å²) in [5, 5.41) is 12.7. The smallest absolute Gasteiger partial charge is 0.376 e. The van der Waals surface area contributed by atoms with Crippen molar-refractivity contribution in [2.24, 2.45) is 0 Å². The van der Waals surface area contributed by atoms with Crippen LogP contribution in [0, 0.1) is 0 Å². The molecular weight excluding hydrogens is 311 g/mol. The maximum absolute atomic E-state index is 13.0. The molecule has 22 heavy (non-hydrogen) atoms. The van der Waals surface area contributed by atoms with Gasteiger partial charge in [0.2, 0.25) is 0 Å². The highest BCUT2D eigenvalue weighted by Crippen LogP contribution is 2.40. The van der Waals surface area contributed by atoms with E-state index in [-0.39, 0.29) is 5.56 Å². The lowest BCUT2D eigenvalue weighted by Gasteiger charge is -2.26. The van der Waals surface area contributed by atoms with Gasteiger partial charge in [0.15, 0.2) is 5.60 Å². The van der Waals surface area contributed by atoms with Gasteiger partial charge in [-0.3, -0.25) is 4.98 Å². The van der Waals surface area contributed by atoms with Crippen molar-refractivity contribution in [1.29, 1.82) is 0 Å². The third kappa shape index (κ3) is 2.38. The van der Waals surface area contributed by atoms with Gasteiger partial charge >= 0.3 is 6.18 Å². The molecule has 0 fully saturated rings. The largest absolute Gasteiger partial charge is 0.421 e. The Morgan fingerprint density at radius 1 is 1.14 bits per heavy atom. The van der Waals surface area contributed by atoms with Gasteiger partial charge in [-0.15, -0.1) is 11.3 Å². The van der Waals surface area contributed by atoms with Crippen molar-refractivity contribution in [1.82, 2.24) is 4.98 Å². The average molecular weight is 323 g/mol. The fraction of sp³-hybridized carbons (Fsp3) is 0.188. The van der Waals surface area contributed by atoms with Crippen molar-refractivity contribution >= 4 is 21.4 Å². The molecule has 0 saturated heterocycles. The maximum Gasteiger partial charge on any atom is 0.421 e. The van der Waals surface area contributed by atoms with Crippen LogP contribution in [0.25, 0.3) is 21.3 Å². The second kappa shape index (κ2) is 5.07. The Kier molecular flexibility index (Phi) is 3.45. The number of thiophene rings is 1. The monoisotopic (exact) mass is 323 g/mol. The molecule has 0 radical (unpaired) electrons. The molecule has 0 aliphatic rings. The fourth-order valence-electron chi connectivity index (χ4n) is 2.24. The average Bonchev–Trinajstić information content (AvgIpc) is 2.94. The minimum absolute atomic E-state index is 0.224.